The van der Waals surface area contributed by atoms with Gasteiger partial charge < -0.3 is 9.88 Å². The Morgan fingerprint density at radius 2 is 1.61 bits per heavy atom. The number of benzene rings is 3. The molecule has 1 atom stereocenters. The molecule has 4 aromatic rings. The summed E-state index contributed by atoms with van der Waals surface area (Å²) in [6, 6.07) is 22.9. The monoisotopic (exact) mass is 506 g/mol. The van der Waals surface area contributed by atoms with Gasteiger partial charge in [0, 0.05) is 28.7 Å². The summed E-state index contributed by atoms with van der Waals surface area (Å²) in [5, 5.41) is 4.29. The van der Waals surface area contributed by atoms with Gasteiger partial charge in [0.25, 0.3) is 5.91 Å². The van der Waals surface area contributed by atoms with Gasteiger partial charge in [0.05, 0.1) is 11.5 Å². The normalized spacial score (nSPS) is 15.0. The van der Waals surface area contributed by atoms with E-state index < -0.39 is 0 Å². The topological polar surface area (TPSA) is 51.1 Å². The fourth-order valence-corrected chi connectivity index (χ4v) is 5.63. The summed E-state index contributed by atoms with van der Waals surface area (Å²) in [7, 11) is 0. The number of rotatable bonds is 8. The van der Waals surface area contributed by atoms with Crippen molar-refractivity contribution in [3.8, 4) is 0 Å². The number of carbonyl (C=O) groups is 2. The number of aryl methyl sites for hydroxylation is 1. The van der Waals surface area contributed by atoms with Crippen LogP contribution in [0.15, 0.2) is 66.7 Å². The van der Waals surface area contributed by atoms with E-state index in [9.17, 15) is 9.59 Å². The lowest BCUT2D eigenvalue weighted by atomic mass is 9.91. The van der Waals surface area contributed by atoms with E-state index in [-0.39, 0.29) is 23.1 Å². The van der Waals surface area contributed by atoms with Gasteiger partial charge in [-0.15, -0.1) is 0 Å². The van der Waals surface area contributed by atoms with Crippen LogP contribution in [-0.2, 0) is 16.8 Å². The molecule has 4 nitrogen and oxygen atoms in total. The molecule has 0 bridgehead atoms. The SMILES string of the molecule is CC(=O)C1(c2ccc(Cn3c(C)c(C)c4cc(C(=O)N[C@@H](C)c5cccc(C(C)C)c5)ccc43)cc2)CC1. The van der Waals surface area contributed by atoms with Crippen molar-refractivity contribution in [3.05, 3.63) is 106 Å². The highest BCUT2D eigenvalue weighted by molar-refractivity contribution is 5.99. The van der Waals surface area contributed by atoms with Gasteiger partial charge >= 0.3 is 0 Å². The van der Waals surface area contributed by atoms with Gasteiger partial charge in [0.15, 0.2) is 0 Å². The van der Waals surface area contributed by atoms with Gasteiger partial charge in [0.2, 0.25) is 0 Å². The molecule has 1 saturated carbocycles. The van der Waals surface area contributed by atoms with Crippen LogP contribution < -0.4 is 5.32 Å². The van der Waals surface area contributed by atoms with E-state index in [1.165, 1.54) is 22.4 Å². The van der Waals surface area contributed by atoms with E-state index in [4.69, 9.17) is 0 Å². The third-order valence-corrected chi connectivity index (χ3v) is 8.60. The van der Waals surface area contributed by atoms with Crippen LogP contribution in [0.1, 0.15) is 96.4 Å². The Hall–Kier alpha value is -3.66. The first-order valence-electron chi connectivity index (χ1n) is 13.7. The molecule has 0 aliphatic heterocycles. The van der Waals surface area contributed by atoms with E-state index in [1.54, 1.807) is 6.92 Å². The van der Waals surface area contributed by atoms with Crippen LogP contribution in [0.3, 0.4) is 0 Å². The molecule has 1 N–H and O–H groups in total. The maximum absolute atomic E-state index is 13.2. The largest absolute Gasteiger partial charge is 0.346 e. The first-order valence-corrected chi connectivity index (χ1v) is 13.7. The Labute approximate surface area is 226 Å². The molecule has 0 spiro atoms. The van der Waals surface area contributed by atoms with Crippen molar-refractivity contribution >= 4 is 22.6 Å². The lowest BCUT2D eigenvalue weighted by Crippen LogP contribution is -2.26. The lowest BCUT2D eigenvalue weighted by Gasteiger charge is -2.17. The third kappa shape index (κ3) is 4.69. The molecule has 1 aliphatic rings. The molecule has 1 aliphatic carbocycles. The van der Waals surface area contributed by atoms with Crippen LogP contribution in [0, 0.1) is 13.8 Å². The minimum Gasteiger partial charge on any atom is -0.346 e. The van der Waals surface area contributed by atoms with Crippen LogP contribution in [0.5, 0.6) is 0 Å². The Morgan fingerprint density at radius 1 is 0.921 bits per heavy atom. The third-order valence-electron chi connectivity index (χ3n) is 8.60. The quantitative estimate of drug-likeness (QED) is 0.268. The van der Waals surface area contributed by atoms with Crippen LogP contribution >= 0.6 is 0 Å². The molecule has 38 heavy (non-hydrogen) atoms. The number of ketones is 1. The van der Waals surface area contributed by atoms with E-state index in [0.717, 1.165) is 41.4 Å². The molecule has 0 radical (unpaired) electrons. The maximum atomic E-state index is 13.2. The van der Waals surface area contributed by atoms with Crippen molar-refractivity contribution in [2.24, 2.45) is 0 Å². The Balaban J connectivity index is 1.36. The molecule has 0 unspecified atom stereocenters. The summed E-state index contributed by atoms with van der Waals surface area (Å²) in [4.78, 5) is 25.3. The fraction of sp³-hybridized carbons (Fsp3) is 0.353. The number of amides is 1. The van der Waals surface area contributed by atoms with Crippen LogP contribution in [-0.4, -0.2) is 16.3 Å². The van der Waals surface area contributed by atoms with E-state index in [0.29, 0.717) is 11.5 Å². The molecule has 1 heterocycles. The predicted octanol–water partition coefficient (Wildman–Crippen LogP) is 7.54. The first-order chi connectivity index (χ1) is 18.1. The van der Waals surface area contributed by atoms with Crippen molar-refractivity contribution in [2.75, 3.05) is 0 Å². The summed E-state index contributed by atoms with van der Waals surface area (Å²) >= 11 is 0. The molecule has 5 rings (SSSR count). The molecule has 196 valence electrons. The lowest BCUT2D eigenvalue weighted by molar-refractivity contribution is -0.119. The van der Waals surface area contributed by atoms with Gasteiger partial charge in [-0.05, 0) is 92.5 Å². The second-order valence-corrected chi connectivity index (χ2v) is 11.4. The molecule has 1 fully saturated rings. The summed E-state index contributed by atoms with van der Waals surface area (Å²) < 4.78 is 2.32. The first kappa shape index (κ1) is 26.0. The number of fused-ring (bicyclic) bond motifs is 1. The fourth-order valence-electron chi connectivity index (χ4n) is 5.63. The summed E-state index contributed by atoms with van der Waals surface area (Å²) in [6.45, 7) is 13.1. The van der Waals surface area contributed by atoms with Gasteiger partial charge in [-0.25, -0.2) is 0 Å². The second-order valence-electron chi connectivity index (χ2n) is 11.4. The number of nitrogens with zero attached hydrogens (tertiary/aromatic N) is 1. The Bertz CT molecular complexity index is 1520. The standard InChI is InChI=1S/C34H38N2O2/c1-21(2)27-8-7-9-28(18-27)23(4)35-33(38)29-12-15-32-31(19-29)22(3)24(5)36(32)20-26-10-13-30(14-11-26)34(16-17-34)25(6)37/h7-15,18-19,21,23H,16-17,20H2,1-6H3,(H,35,38)/t23-/m0/s1. The van der Waals surface area contributed by atoms with Gasteiger partial charge in [-0.1, -0.05) is 62.4 Å². The minimum atomic E-state index is -0.239. The number of carbonyl (C=O) groups excluding carboxylic acids is 2. The summed E-state index contributed by atoms with van der Waals surface area (Å²) in [5.74, 6) is 0.657. The number of Topliss-reactive ketones (excluding diaryl/α,β-unsaturated/α-hetero) is 1. The number of hydrogen-bond acceptors (Lipinski definition) is 2. The number of nitrogens with one attached hydrogen (secondary N) is 1. The van der Waals surface area contributed by atoms with Crippen molar-refractivity contribution in [3.63, 3.8) is 0 Å². The Morgan fingerprint density at radius 3 is 2.24 bits per heavy atom. The summed E-state index contributed by atoms with van der Waals surface area (Å²) in [6.07, 6.45) is 1.92. The molecular weight excluding hydrogens is 468 g/mol. The molecule has 4 heteroatoms. The van der Waals surface area contributed by atoms with Crippen molar-refractivity contribution < 1.29 is 9.59 Å². The molecule has 0 saturated heterocycles. The highest BCUT2D eigenvalue weighted by Crippen LogP contribution is 2.48. The van der Waals surface area contributed by atoms with Crippen molar-refractivity contribution in [2.45, 2.75) is 78.3 Å². The van der Waals surface area contributed by atoms with Crippen LogP contribution in [0.25, 0.3) is 10.9 Å². The van der Waals surface area contributed by atoms with Crippen LogP contribution in [0.4, 0.5) is 0 Å². The zero-order valence-electron chi connectivity index (χ0n) is 23.4. The highest BCUT2D eigenvalue weighted by Gasteiger charge is 2.48. The zero-order chi connectivity index (χ0) is 27.2. The van der Waals surface area contributed by atoms with Gasteiger partial charge in [-0.2, -0.15) is 0 Å². The van der Waals surface area contributed by atoms with Crippen molar-refractivity contribution in [1.29, 1.82) is 0 Å². The average Bonchev–Trinajstić information content (AvgIpc) is 3.70. The summed E-state index contributed by atoms with van der Waals surface area (Å²) in [5.41, 5.74) is 8.68. The van der Waals surface area contributed by atoms with E-state index in [1.807, 2.05) is 19.1 Å². The van der Waals surface area contributed by atoms with Crippen LogP contribution in [0.2, 0.25) is 0 Å². The number of aromatic nitrogens is 1. The van der Waals surface area contributed by atoms with E-state index in [2.05, 4.69) is 92.2 Å². The maximum Gasteiger partial charge on any atom is 0.251 e. The highest BCUT2D eigenvalue weighted by atomic mass is 16.1. The second kappa shape index (κ2) is 9.90. The smallest absolute Gasteiger partial charge is 0.251 e. The minimum absolute atomic E-state index is 0.0609. The average molecular weight is 507 g/mol. The van der Waals surface area contributed by atoms with Crippen molar-refractivity contribution in [1.82, 2.24) is 9.88 Å². The van der Waals surface area contributed by atoms with E-state index >= 15 is 0 Å². The van der Waals surface area contributed by atoms with Gasteiger partial charge in [-0.3, -0.25) is 9.59 Å². The molecular formula is C34H38N2O2. The molecule has 3 aromatic carbocycles. The molecule has 1 aromatic heterocycles. The van der Waals surface area contributed by atoms with Gasteiger partial charge in [0.1, 0.15) is 5.78 Å². The zero-order valence-corrected chi connectivity index (χ0v) is 23.4. The molecule has 1 amide bonds. The predicted molar refractivity (Wildman–Crippen MR) is 155 cm³/mol. The number of hydrogen-bond donors (Lipinski definition) is 1. The Kier molecular flexibility index (Phi) is 6.77.